The van der Waals surface area contributed by atoms with Crippen LogP contribution in [0.5, 0.6) is 0 Å². The standard InChI is InChI=1S/C21H21N3O5/c1-23-9-8-21(27,20(23)26)7-6-14-4-3-5-15(12-14)17-16-13-29-11-10-24(16)18(22-17)19(25)28-2/h3-5,12,27H,8-11,13H2,1-2H3/t21-/m0/s1. The number of rotatable bonds is 2. The Morgan fingerprint density at radius 2 is 2.21 bits per heavy atom. The van der Waals surface area contributed by atoms with Crippen molar-refractivity contribution in [3.05, 3.63) is 41.3 Å². The van der Waals surface area contributed by atoms with Crippen molar-refractivity contribution in [2.24, 2.45) is 0 Å². The molecule has 1 atom stereocenters. The molecule has 0 radical (unpaired) electrons. The maximum atomic E-state index is 12.1. The lowest BCUT2D eigenvalue weighted by atomic mass is 10.0. The molecule has 0 spiro atoms. The normalized spacial score (nSPS) is 20.8. The van der Waals surface area contributed by atoms with E-state index in [1.54, 1.807) is 13.1 Å². The number of aromatic nitrogens is 2. The van der Waals surface area contributed by atoms with Crippen molar-refractivity contribution < 1.29 is 24.2 Å². The summed E-state index contributed by atoms with van der Waals surface area (Å²) in [5.74, 6) is 4.98. The van der Waals surface area contributed by atoms with Crippen LogP contribution in [0.1, 0.15) is 28.3 Å². The molecule has 1 N–H and O–H groups in total. The summed E-state index contributed by atoms with van der Waals surface area (Å²) in [4.78, 5) is 30.2. The number of ether oxygens (including phenoxy) is 2. The Hall–Kier alpha value is -3.15. The minimum absolute atomic E-state index is 0.242. The lowest BCUT2D eigenvalue weighted by molar-refractivity contribution is -0.137. The number of likely N-dealkylation sites (tertiary alicyclic amines) is 1. The summed E-state index contributed by atoms with van der Waals surface area (Å²) in [7, 11) is 2.97. The molecule has 0 bridgehead atoms. The molecule has 150 valence electrons. The molecule has 2 aliphatic rings. The molecule has 2 aliphatic heterocycles. The molecule has 8 nitrogen and oxygen atoms in total. The number of aliphatic hydroxyl groups is 1. The monoisotopic (exact) mass is 395 g/mol. The predicted molar refractivity (Wildman–Crippen MR) is 103 cm³/mol. The minimum atomic E-state index is -1.65. The van der Waals surface area contributed by atoms with E-state index < -0.39 is 11.6 Å². The van der Waals surface area contributed by atoms with Crippen LogP contribution < -0.4 is 0 Å². The molecular weight excluding hydrogens is 374 g/mol. The van der Waals surface area contributed by atoms with Gasteiger partial charge in [-0.05, 0) is 12.1 Å². The predicted octanol–water partition coefficient (Wildman–Crippen LogP) is 0.812. The van der Waals surface area contributed by atoms with Gasteiger partial charge in [0.15, 0.2) is 0 Å². The van der Waals surface area contributed by atoms with E-state index in [-0.39, 0.29) is 18.2 Å². The smallest absolute Gasteiger partial charge is 0.374 e. The van der Waals surface area contributed by atoms with Crippen molar-refractivity contribution in [1.29, 1.82) is 0 Å². The van der Waals surface area contributed by atoms with Crippen molar-refractivity contribution in [3.63, 3.8) is 0 Å². The molecule has 3 heterocycles. The average molecular weight is 395 g/mol. The first-order valence-electron chi connectivity index (χ1n) is 9.30. The largest absolute Gasteiger partial charge is 0.463 e. The fraction of sp³-hybridized carbons (Fsp3) is 0.381. The van der Waals surface area contributed by atoms with E-state index in [0.717, 1.165) is 11.3 Å². The van der Waals surface area contributed by atoms with Gasteiger partial charge in [-0.3, -0.25) is 4.79 Å². The van der Waals surface area contributed by atoms with E-state index in [1.165, 1.54) is 12.0 Å². The van der Waals surface area contributed by atoms with Gasteiger partial charge in [-0.2, -0.15) is 0 Å². The van der Waals surface area contributed by atoms with Gasteiger partial charge in [-0.1, -0.05) is 24.0 Å². The topological polar surface area (TPSA) is 93.9 Å². The SMILES string of the molecule is COC(=O)c1nc(-c2cccc(C#C[C@]3(O)CCN(C)C3=O)c2)c2n1CCOC2. The molecule has 0 aliphatic carbocycles. The second-order valence-corrected chi connectivity index (χ2v) is 7.09. The molecule has 1 aromatic carbocycles. The van der Waals surface area contributed by atoms with Crippen LogP contribution in [0.25, 0.3) is 11.3 Å². The number of benzene rings is 1. The zero-order valence-corrected chi connectivity index (χ0v) is 16.3. The Balaban J connectivity index is 1.71. The van der Waals surface area contributed by atoms with E-state index in [0.29, 0.717) is 37.6 Å². The van der Waals surface area contributed by atoms with Gasteiger partial charge in [0.1, 0.15) is 0 Å². The van der Waals surface area contributed by atoms with Gasteiger partial charge >= 0.3 is 5.97 Å². The number of carbonyl (C=O) groups is 2. The average Bonchev–Trinajstić information content (AvgIpc) is 3.26. The zero-order chi connectivity index (χ0) is 20.6. The molecular formula is C21H21N3O5. The molecule has 0 saturated carbocycles. The zero-order valence-electron chi connectivity index (χ0n) is 16.3. The summed E-state index contributed by atoms with van der Waals surface area (Å²) in [5, 5.41) is 10.5. The van der Waals surface area contributed by atoms with Crippen LogP contribution in [-0.4, -0.2) is 64.3 Å². The summed E-state index contributed by atoms with van der Waals surface area (Å²) >= 11 is 0. The number of amides is 1. The first kappa shape index (κ1) is 19.2. The summed E-state index contributed by atoms with van der Waals surface area (Å²) in [6, 6.07) is 7.30. The highest BCUT2D eigenvalue weighted by Gasteiger charge is 2.42. The third-order valence-electron chi connectivity index (χ3n) is 5.20. The van der Waals surface area contributed by atoms with Crippen molar-refractivity contribution in [2.45, 2.75) is 25.2 Å². The number of likely N-dealkylation sites (N-methyl/N-ethyl adjacent to an activating group) is 1. The van der Waals surface area contributed by atoms with Crippen LogP contribution in [0, 0.1) is 11.8 Å². The van der Waals surface area contributed by atoms with Gasteiger partial charge < -0.3 is 24.0 Å². The van der Waals surface area contributed by atoms with Crippen molar-refractivity contribution in [3.8, 4) is 23.1 Å². The highest BCUT2D eigenvalue weighted by atomic mass is 16.5. The molecule has 1 aromatic heterocycles. The van der Waals surface area contributed by atoms with Crippen LogP contribution >= 0.6 is 0 Å². The third-order valence-corrected chi connectivity index (χ3v) is 5.20. The van der Waals surface area contributed by atoms with Crippen LogP contribution in [0.3, 0.4) is 0 Å². The van der Waals surface area contributed by atoms with E-state index in [9.17, 15) is 14.7 Å². The maximum absolute atomic E-state index is 12.1. The maximum Gasteiger partial charge on any atom is 0.374 e. The van der Waals surface area contributed by atoms with Crippen molar-refractivity contribution >= 4 is 11.9 Å². The molecule has 1 saturated heterocycles. The van der Waals surface area contributed by atoms with E-state index in [4.69, 9.17) is 9.47 Å². The van der Waals surface area contributed by atoms with Crippen molar-refractivity contribution in [1.82, 2.24) is 14.5 Å². The summed E-state index contributed by atoms with van der Waals surface area (Å²) in [6.45, 7) is 1.84. The van der Waals surface area contributed by atoms with Crippen LogP contribution in [-0.2, 0) is 27.4 Å². The molecule has 1 fully saturated rings. The first-order chi connectivity index (χ1) is 13.9. The van der Waals surface area contributed by atoms with Crippen LogP contribution in [0.2, 0.25) is 0 Å². The number of hydrogen-bond acceptors (Lipinski definition) is 6. The second-order valence-electron chi connectivity index (χ2n) is 7.09. The van der Waals surface area contributed by atoms with Crippen molar-refractivity contribution in [2.75, 3.05) is 27.3 Å². The summed E-state index contributed by atoms with van der Waals surface area (Å²) in [6.07, 6.45) is 0.281. The molecule has 2 aromatic rings. The van der Waals surface area contributed by atoms with Gasteiger partial charge in [0.25, 0.3) is 5.91 Å². The second kappa shape index (κ2) is 7.35. The van der Waals surface area contributed by atoms with Crippen LogP contribution in [0.15, 0.2) is 24.3 Å². The number of methoxy groups -OCH3 is 1. The number of carbonyl (C=O) groups excluding carboxylic acids is 2. The Morgan fingerprint density at radius 3 is 2.93 bits per heavy atom. The van der Waals surface area contributed by atoms with Gasteiger partial charge in [0.2, 0.25) is 11.4 Å². The molecule has 8 heteroatoms. The fourth-order valence-electron chi connectivity index (χ4n) is 3.57. The summed E-state index contributed by atoms with van der Waals surface area (Å²) in [5.41, 5.74) is 1.18. The Bertz CT molecular complexity index is 1050. The molecule has 29 heavy (non-hydrogen) atoms. The Labute approximate surface area is 168 Å². The van der Waals surface area contributed by atoms with E-state index in [1.807, 2.05) is 22.8 Å². The highest BCUT2D eigenvalue weighted by Crippen LogP contribution is 2.28. The minimum Gasteiger partial charge on any atom is -0.463 e. The van der Waals surface area contributed by atoms with Gasteiger partial charge in [0.05, 0.1) is 31.7 Å². The number of nitrogens with zero attached hydrogens (tertiary/aromatic N) is 3. The van der Waals surface area contributed by atoms with E-state index in [2.05, 4.69) is 16.8 Å². The Morgan fingerprint density at radius 1 is 1.38 bits per heavy atom. The van der Waals surface area contributed by atoms with Gasteiger partial charge in [0, 0.05) is 37.7 Å². The van der Waals surface area contributed by atoms with Crippen LogP contribution in [0.4, 0.5) is 0 Å². The first-order valence-corrected chi connectivity index (χ1v) is 9.30. The summed E-state index contributed by atoms with van der Waals surface area (Å²) < 4.78 is 12.2. The number of esters is 1. The Kier molecular flexibility index (Phi) is 4.86. The number of imidazole rings is 1. The molecule has 4 rings (SSSR count). The highest BCUT2D eigenvalue weighted by molar-refractivity contribution is 5.90. The molecule has 0 unspecified atom stereocenters. The fourth-order valence-corrected chi connectivity index (χ4v) is 3.57. The third kappa shape index (κ3) is 3.39. The quantitative estimate of drug-likeness (QED) is 0.598. The lowest BCUT2D eigenvalue weighted by Gasteiger charge is -2.17. The van der Waals surface area contributed by atoms with E-state index >= 15 is 0 Å². The molecule has 1 amide bonds. The number of hydrogen-bond donors (Lipinski definition) is 1. The van der Waals surface area contributed by atoms with Gasteiger partial charge in [-0.15, -0.1) is 0 Å². The lowest BCUT2D eigenvalue weighted by Crippen LogP contribution is -2.37. The van der Waals surface area contributed by atoms with Gasteiger partial charge in [-0.25, -0.2) is 9.78 Å². The number of fused-ring (bicyclic) bond motifs is 1.